The molecule has 3 atom stereocenters. The summed E-state index contributed by atoms with van der Waals surface area (Å²) in [5, 5.41) is 9.63. The zero-order valence-corrected chi connectivity index (χ0v) is 15.8. The number of urea groups is 1. The van der Waals surface area contributed by atoms with Crippen LogP contribution in [0.4, 0.5) is 10.7 Å². The molecule has 2 amide bonds. The van der Waals surface area contributed by atoms with E-state index in [0.717, 1.165) is 5.56 Å². The molecule has 0 aliphatic rings. The molecule has 0 aliphatic carbocycles. The summed E-state index contributed by atoms with van der Waals surface area (Å²) in [5.41, 5.74) is 2.26. The van der Waals surface area contributed by atoms with E-state index >= 15 is 0 Å². The van der Waals surface area contributed by atoms with E-state index in [-0.39, 0.29) is 24.0 Å². The van der Waals surface area contributed by atoms with Crippen molar-refractivity contribution in [2.45, 2.75) is 38.8 Å². The van der Waals surface area contributed by atoms with E-state index in [4.69, 9.17) is 4.52 Å². The lowest BCUT2D eigenvalue weighted by atomic mass is 9.95. The number of hydrogen-bond acceptors (Lipinski definition) is 3. The molecule has 2 N–H and O–H groups in total. The average molecular weight is 365 g/mol. The average Bonchev–Trinajstić information content (AvgIpc) is 3.16. The number of benzene rings is 2. The fourth-order valence-electron chi connectivity index (χ4n) is 2.94. The molecule has 3 unspecified atom stereocenters. The number of rotatable bonds is 6. The highest BCUT2D eigenvalue weighted by Gasteiger charge is 2.27. The summed E-state index contributed by atoms with van der Waals surface area (Å²) in [4.78, 5) is 12.2. The van der Waals surface area contributed by atoms with Gasteiger partial charge in [0.25, 0.3) is 6.20 Å². The van der Waals surface area contributed by atoms with Crippen LogP contribution in [0.3, 0.4) is 0 Å². The van der Waals surface area contributed by atoms with Crippen molar-refractivity contribution >= 4 is 11.9 Å². The lowest BCUT2D eigenvalue weighted by molar-refractivity contribution is -0.784. The molecule has 0 radical (unpaired) electrons. The number of aromatic nitrogens is 2. The van der Waals surface area contributed by atoms with Gasteiger partial charge in [0.1, 0.15) is 0 Å². The molecule has 1 heterocycles. The highest BCUT2D eigenvalue weighted by Crippen LogP contribution is 2.23. The Kier molecular flexibility index (Phi) is 5.86. The molecular weight excluding hydrogens is 340 g/mol. The number of hydrogen-bond donors (Lipinski definition) is 2. The number of amides is 2. The van der Waals surface area contributed by atoms with Gasteiger partial charge >= 0.3 is 11.9 Å². The normalized spacial score (nSPS) is 14.2. The summed E-state index contributed by atoms with van der Waals surface area (Å²) in [7, 11) is 0. The van der Waals surface area contributed by atoms with Gasteiger partial charge in [-0.3, -0.25) is 9.84 Å². The third-order valence-electron chi connectivity index (χ3n) is 4.83. The summed E-state index contributed by atoms with van der Waals surface area (Å²) >= 11 is 0. The van der Waals surface area contributed by atoms with Crippen LogP contribution >= 0.6 is 0 Å². The highest BCUT2D eigenvalue weighted by atomic mass is 16.5. The van der Waals surface area contributed by atoms with Crippen molar-refractivity contribution in [1.29, 1.82) is 0 Å². The molecule has 6 nitrogen and oxygen atoms in total. The van der Waals surface area contributed by atoms with Crippen LogP contribution in [0.25, 0.3) is 0 Å². The predicted octanol–water partition coefficient (Wildman–Crippen LogP) is 4.21. The lowest BCUT2D eigenvalue weighted by Gasteiger charge is -2.13. The molecule has 27 heavy (non-hydrogen) atoms. The molecule has 6 heteroatoms. The molecule has 140 valence electrons. The predicted molar refractivity (Wildman–Crippen MR) is 103 cm³/mol. The Morgan fingerprint density at radius 2 is 1.56 bits per heavy atom. The molecule has 0 fully saturated rings. The second-order valence-electron chi connectivity index (χ2n) is 6.72. The van der Waals surface area contributed by atoms with Crippen LogP contribution in [0.15, 0.2) is 71.4 Å². The minimum Gasteiger partial charge on any atom is -0.331 e. The largest absolute Gasteiger partial charge is 0.331 e. The minimum absolute atomic E-state index is 0.0815. The fourth-order valence-corrected chi connectivity index (χ4v) is 2.94. The maximum absolute atomic E-state index is 12.2. The molecule has 0 spiro atoms. The standard InChI is InChI=1S/C21H24N4O2/c1-15(18-10-6-4-7-11-18)17(3)25-14-20(27-24-25)23-21(26)22-16(2)19-12-8-5-9-13-19/h4-17H,1-3H3,(H-,22,23,24,26)/p+1. The van der Waals surface area contributed by atoms with Crippen LogP contribution < -0.4 is 15.3 Å². The smallest absolute Gasteiger partial charge is 0.322 e. The molecule has 0 bridgehead atoms. The topological polar surface area (TPSA) is 71.0 Å². The monoisotopic (exact) mass is 365 g/mol. The first-order valence-electron chi connectivity index (χ1n) is 9.10. The summed E-state index contributed by atoms with van der Waals surface area (Å²) in [6.45, 7) is 6.14. The zero-order valence-electron chi connectivity index (χ0n) is 15.8. The minimum atomic E-state index is -0.335. The van der Waals surface area contributed by atoms with E-state index in [0.29, 0.717) is 5.88 Å². The fraction of sp³-hybridized carbons (Fsp3) is 0.286. The van der Waals surface area contributed by atoms with Gasteiger partial charge < -0.3 is 5.32 Å². The number of carbonyl (C=O) groups excluding carboxylic acids is 1. The van der Waals surface area contributed by atoms with Gasteiger partial charge in [0.15, 0.2) is 6.04 Å². The third kappa shape index (κ3) is 4.73. The molecule has 3 aromatic rings. The zero-order chi connectivity index (χ0) is 19.2. The van der Waals surface area contributed by atoms with Crippen molar-refractivity contribution in [3.63, 3.8) is 0 Å². The van der Waals surface area contributed by atoms with Crippen molar-refractivity contribution in [3.8, 4) is 0 Å². The van der Waals surface area contributed by atoms with Crippen molar-refractivity contribution < 1.29 is 14.0 Å². The maximum Gasteiger partial charge on any atom is 0.322 e. The second-order valence-corrected chi connectivity index (χ2v) is 6.72. The van der Waals surface area contributed by atoms with Crippen LogP contribution in [0, 0.1) is 0 Å². The SMILES string of the molecule is CC(NC(=O)Nc1c[n+](C(C)C(C)c2ccccc2)no1)c1ccccc1. The van der Waals surface area contributed by atoms with Crippen molar-refractivity contribution in [1.82, 2.24) is 10.6 Å². The number of nitrogens with zero attached hydrogens (tertiary/aromatic N) is 2. The molecule has 0 saturated heterocycles. The molecule has 2 aromatic carbocycles. The van der Waals surface area contributed by atoms with E-state index in [1.54, 1.807) is 10.9 Å². The summed E-state index contributed by atoms with van der Waals surface area (Å²) in [5.74, 6) is 0.556. The first-order chi connectivity index (χ1) is 13.0. The Morgan fingerprint density at radius 3 is 2.19 bits per heavy atom. The quantitative estimate of drug-likeness (QED) is 0.643. The third-order valence-corrected chi connectivity index (χ3v) is 4.83. The van der Waals surface area contributed by atoms with Gasteiger partial charge in [0, 0.05) is 12.8 Å². The Labute approximate surface area is 159 Å². The van der Waals surface area contributed by atoms with E-state index < -0.39 is 0 Å². The van der Waals surface area contributed by atoms with Gasteiger partial charge in [-0.25, -0.2) is 4.79 Å². The highest BCUT2D eigenvalue weighted by molar-refractivity contribution is 5.87. The van der Waals surface area contributed by atoms with Crippen molar-refractivity contribution in [2.75, 3.05) is 5.32 Å². The maximum atomic E-state index is 12.2. The van der Waals surface area contributed by atoms with Gasteiger partial charge in [-0.1, -0.05) is 67.6 Å². The first-order valence-corrected chi connectivity index (χ1v) is 9.10. The first kappa shape index (κ1) is 18.6. The van der Waals surface area contributed by atoms with E-state index in [2.05, 4.69) is 41.9 Å². The van der Waals surface area contributed by atoms with Gasteiger partial charge in [0.2, 0.25) is 5.27 Å². The summed E-state index contributed by atoms with van der Waals surface area (Å²) in [6, 6.07) is 19.7. The van der Waals surface area contributed by atoms with E-state index in [9.17, 15) is 4.79 Å². The van der Waals surface area contributed by atoms with Crippen LogP contribution in [0.5, 0.6) is 0 Å². The van der Waals surface area contributed by atoms with Crippen molar-refractivity contribution in [3.05, 3.63) is 78.0 Å². The van der Waals surface area contributed by atoms with Crippen LogP contribution in [0.2, 0.25) is 0 Å². The second kappa shape index (κ2) is 8.49. The molecule has 3 rings (SSSR count). The van der Waals surface area contributed by atoms with Gasteiger partial charge in [-0.15, -0.1) is 0 Å². The molecular formula is C21H25N4O2+. The molecule has 0 saturated carbocycles. The van der Waals surface area contributed by atoms with Crippen LogP contribution in [-0.2, 0) is 0 Å². The van der Waals surface area contributed by atoms with Gasteiger partial charge in [0.05, 0.1) is 6.04 Å². The summed E-state index contributed by atoms with van der Waals surface area (Å²) in [6.07, 6.45) is 1.71. The Hall–Kier alpha value is -3.15. The number of nitrogens with one attached hydrogen (secondary N) is 2. The lowest BCUT2D eigenvalue weighted by Crippen LogP contribution is -2.41. The van der Waals surface area contributed by atoms with Crippen LogP contribution in [-0.4, -0.2) is 11.3 Å². The van der Waals surface area contributed by atoms with Gasteiger partial charge in [-0.2, -0.15) is 0 Å². The van der Waals surface area contributed by atoms with E-state index in [1.807, 2.05) is 55.5 Å². The van der Waals surface area contributed by atoms with E-state index in [1.165, 1.54) is 5.56 Å². The number of anilines is 1. The molecule has 0 aliphatic heterocycles. The van der Waals surface area contributed by atoms with Crippen LogP contribution in [0.1, 0.15) is 49.9 Å². The summed E-state index contributed by atoms with van der Waals surface area (Å²) < 4.78 is 7.00. The Bertz CT molecular complexity index is 864. The Balaban J connectivity index is 1.59. The van der Waals surface area contributed by atoms with Crippen molar-refractivity contribution in [2.24, 2.45) is 0 Å². The Morgan fingerprint density at radius 1 is 0.963 bits per heavy atom. The van der Waals surface area contributed by atoms with Gasteiger partial charge in [-0.05, 0) is 22.7 Å². The molecule has 1 aromatic heterocycles. The number of carbonyl (C=O) groups is 1.